The minimum Gasteiger partial charge on any atom is -0.491 e. The molecule has 1 aliphatic heterocycles. The standard InChI is InChI=1S/C17H24ClNO3.ClH/c1-3-21-17(20)14-6-8-19(9-7-14)10-11-22-16-12-13(2)4-5-15(16)18;/h4-5,12,14H,3,6-11H2,1-2H3;1H. The minimum atomic E-state index is -0.0510. The molecule has 1 aliphatic rings. The highest BCUT2D eigenvalue weighted by atomic mass is 35.5. The zero-order valence-corrected chi connectivity index (χ0v) is 15.3. The topological polar surface area (TPSA) is 38.8 Å². The number of nitrogens with zero attached hydrogens (tertiary/aromatic N) is 1. The molecule has 0 bridgehead atoms. The van der Waals surface area contributed by atoms with E-state index in [2.05, 4.69) is 4.90 Å². The Bertz CT molecular complexity index is 503. The molecule has 1 heterocycles. The molecule has 1 saturated heterocycles. The molecule has 0 radical (unpaired) electrons. The lowest BCUT2D eigenvalue weighted by Gasteiger charge is -2.30. The summed E-state index contributed by atoms with van der Waals surface area (Å²) in [5, 5.41) is 0.645. The molecule has 1 aromatic carbocycles. The van der Waals surface area contributed by atoms with E-state index >= 15 is 0 Å². The fourth-order valence-corrected chi connectivity index (χ4v) is 2.83. The van der Waals surface area contributed by atoms with Crippen LogP contribution >= 0.6 is 24.0 Å². The van der Waals surface area contributed by atoms with Gasteiger partial charge in [-0.2, -0.15) is 0 Å². The van der Waals surface area contributed by atoms with Crippen molar-refractivity contribution in [2.24, 2.45) is 5.92 Å². The Labute approximate surface area is 149 Å². The lowest BCUT2D eigenvalue weighted by Crippen LogP contribution is -2.39. The van der Waals surface area contributed by atoms with Crippen molar-refractivity contribution in [2.75, 3.05) is 32.8 Å². The van der Waals surface area contributed by atoms with Crippen molar-refractivity contribution in [1.29, 1.82) is 0 Å². The average molecular weight is 362 g/mol. The third-order valence-electron chi connectivity index (χ3n) is 3.96. The molecule has 0 N–H and O–H groups in total. The molecule has 0 unspecified atom stereocenters. The number of ether oxygens (including phenoxy) is 2. The first-order valence-corrected chi connectivity index (χ1v) is 8.26. The third kappa shape index (κ3) is 6.21. The number of benzene rings is 1. The fourth-order valence-electron chi connectivity index (χ4n) is 2.66. The summed E-state index contributed by atoms with van der Waals surface area (Å²) in [6.07, 6.45) is 1.73. The van der Waals surface area contributed by atoms with Crippen molar-refractivity contribution in [3.63, 3.8) is 0 Å². The SMILES string of the molecule is CCOC(=O)C1CCN(CCOc2cc(C)ccc2Cl)CC1.Cl. The summed E-state index contributed by atoms with van der Waals surface area (Å²) < 4.78 is 10.9. The summed E-state index contributed by atoms with van der Waals surface area (Å²) in [4.78, 5) is 14.0. The van der Waals surface area contributed by atoms with Crippen LogP contribution < -0.4 is 4.74 Å². The molecule has 2 rings (SSSR count). The highest BCUT2D eigenvalue weighted by Crippen LogP contribution is 2.25. The molecule has 1 fully saturated rings. The van der Waals surface area contributed by atoms with Crippen LogP contribution in [0.1, 0.15) is 25.3 Å². The second-order valence-electron chi connectivity index (χ2n) is 5.65. The van der Waals surface area contributed by atoms with Gasteiger partial charge in [0.1, 0.15) is 12.4 Å². The van der Waals surface area contributed by atoms with E-state index in [-0.39, 0.29) is 24.3 Å². The zero-order valence-electron chi connectivity index (χ0n) is 13.7. The van der Waals surface area contributed by atoms with Gasteiger partial charge in [0.25, 0.3) is 0 Å². The van der Waals surface area contributed by atoms with E-state index in [4.69, 9.17) is 21.1 Å². The highest BCUT2D eigenvalue weighted by Gasteiger charge is 2.25. The maximum Gasteiger partial charge on any atom is 0.309 e. The Hall–Kier alpha value is -0.970. The quantitative estimate of drug-likeness (QED) is 0.723. The Kier molecular flexibility index (Phi) is 8.74. The highest BCUT2D eigenvalue weighted by molar-refractivity contribution is 6.32. The van der Waals surface area contributed by atoms with Crippen LogP contribution in [0.25, 0.3) is 0 Å². The third-order valence-corrected chi connectivity index (χ3v) is 4.27. The number of hydrogen-bond donors (Lipinski definition) is 0. The summed E-state index contributed by atoms with van der Waals surface area (Å²) >= 11 is 6.11. The molecule has 0 amide bonds. The molecule has 0 atom stereocenters. The molecule has 0 aromatic heterocycles. The predicted molar refractivity (Wildman–Crippen MR) is 94.7 cm³/mol. The van der Waals surface area contributed by atoms with Crippen LogP contribution in [0.2, 0.25) is 5.02 Å². The Morgan fingerprint density at radius 1 is 1.35 bits per heavy atom. The average Bonchev–Trinajstić information content (AvgIpc) is 2.51. The van der Waals surface area contributed by atoms with Gasteiger partial charge in [0, 0.05) is 6.54 Å². The van der Waals surface area contributed by atoms with E-state index in [0.29, 0.717) is 18.2 Å². The maximum absolute atomic E-state index is 11.7. The minimum absolute atomic E-state index is 0. The first-order chi connectivity index (χ1) is 10.6. The lowest BCUT2D eigenvalue weighted by molar-refractivity contribution is -0.149. The van der Waals surface area contributed by atoms with Gasteiger partial charge in [-0.3, -0.25) is 9.69 Å². The molecule has 4 nitrogen and oxygen atoms in total. The summed E-state index contributed by atoms with van der Waals surface area (Å²) in [5.41, 5.74) is 1.13. The summed E-state index contributed by atoms with van der Waals surface area (Å²) in [5.74, 6) is 0.747. The number of piperidine rings is 1. The van der Waals surface area contributed by atoms with Crippen molar-refractivity contribution >= 4 is 30.0 Å². The van der Waals surface area contributed by atoms with Gasteiger partial charge in [0.05, 0.1) is 17.5 Å². The molecule has 130 valence electrons. The van der Waals surface area contributed by atoms with Crippen LogP contribution in [-0.2, 0) is 9.53 Å². The van der Waals surface area contributed by atoms with Crippen LogP contribution in [0.15, 0.2) is 18.2 Å². The number of aryl methyl sites for hydroxylation is 1. The molecule has 6 heteroatoms. The van der Waals surface area contributed by atoms with E-state index in [0.717, 1.165) is 43.8 Å². The summed E-state index contributed by atoms with van der Waals surface area (Å²) in [6, 6.07) is 5.78. The van der Waals surface area contributed by atoms with Gasteiger partial charge >= 0.3 is 5.97 Å². The largest absolute Gasteiger partial charge is 0.491 e. The smallest absolute Gasteiger partial charge is 0.309 e. The molecule has 0 spiro atoms. The van der Waals surface area contributed by atoms with E-state index in [1.54, 1.807) is 0 Å². The van der Waals surface area contributed by atoms with E-state index in [9.17, 15) is 4.79 Å². The van der Waals surface area contributed by atoms with Gasteiger partial charge < -0.3 is 9.47 Å². The van der Waals surface area contributed by atoms with Crippen LogP contribution in [0.3, 0.4) is 0 Å². The van der Waals surface area contributed by atoms with Crippen LogP contribution in [0, 0.1) is 12.8 Å². The Balaban J connectivity index is 0.00000264. The van der Waals surface area contributed by atoms with Gasteiger partial charge in [0.15, 0.2) is 0 Å². The van der Waals surface area contributed by atoms with Crippen LogP contribution in [0.5, 0.6) is 5.75 Å². The lowest BCUT2D eigenvalue weighted by atomic mass is 9.97. The predicted octanol–water partition coefficient (Wildman–Crippen LogP) is 3.72. The Morgan fingerprint density at radius 3 is 2.70 bits per heavy atom. The molecule has 0 aliphatic carbocycles. The monoisotopic (exact) mass is 361 g/mol. The number of esters is 1. The molecule has 23 heavy (non-hydrogen) atoms. The van der Waals surface area contributed by atoms with Gasteiger partial charge in [-0.25, -0.2) is 0 Å². The number of likely N-dealkylation sites (tertiary alicyclic amines) is 1. The fraction of sp³-hybridized carbons (Fsp3) is 0.588. The van der Waals surface area contributed by atoms with Crippen LogP contribution in [0.4, 0.5) is 0 Å². The molecular formula is C17H25Cl2NO3. The van der Waals surface area contributed by atoms with E-state index < -0.39 is 0 Å². The maximum atomic E-state index is 11.7. The van der Waals surface area contributed by atoms with Gasteiger partial charge in [-0.05, 0) is 57.5 Å². The normalized spacial score (nSPS) is 15.8. The van der Waals surface area contributed by atoms with Crippen molar-refractivity contribution in [3.8, 4) is 5.75 Å². The zero-order chi connectivity index (χ0) is 15.9. The van der Waals surface area contributed by atoms with E-state index in [1.807, 2.05) is 32.0 Å². The van der Waals surface area contributed by atoms with Gasteiger partial charge in [-0.15, -0.1) is 12.4 Å². The number of hydrogen-bond acceptors (Lipinski definition) is 4. The van der Waals surface area contributed by atoms with Crippen molar-refractivity contribution in [3.05, 3.63) is 28.8 Å². The van der Waals surface area contributed by atoms with Crippen LogP contribution in [-0.4, -0.2) is 43.7 Å². The van der Waals surface area contributed by atoms with Gasteiger partial charge in [-0.1, -0.05) is 17.7 Å². The summed E-state index contributed by atoms with van der Waals surface area (Å²) in [6.45, 7) is 7.60. The van der Waals surface area contributed by atoms with E-state index in [1.165, 1.54) is 0 Å². The Morgan fingerprint density at radius 2 is 2.04 bits per heavy atom. The molecule has 1 aromatic rings. The first kappa shape index (κ1) is 20.1. The second kappa shape index (κ2) is 10.0. The number of rotatable bonds is 6. The summed E-state index contributed by atoms with van der Waals surface area (Å²) in [7, 11) is 0. The number of halogens is 2. The van der Waals surface area contributed by atoms with Crippen molar-refractivity contribution in [2.45, 2.75) is 26.7 Å². The second-order valence-corrected chi connectivity index (χ2v) is 6.06. The number of carbonyl (C=O) groups is 1. The first-order valence-electron chi connectivity index (χ1n) is 7.88. The van der Waals surface area contributed by atoms with Crippen molar-refractivity contribution in [1.82, 2.24) is 4.90 Å². The van der Waals surface area contributed by atoms with Crippen molar-refractivity contribution < 1.29 is 14.3 Å². The molecular weight excluding hydrogens is 337 g/mol. The number of carbonyl (C=O) groups excluding carboxylic acids is 1. The molecule has 0 saturated carbocycles. The van der Waals surface area contributed by atoms with Gasteiger partial charge in [0.2, 0.25) is 0 Å².